The van der Waals surface area contributed by atoms with E-state index in [1.165, 1.54) is 0 Å². The number of carbonyl (C=O) groups excluding carboxylic acids is 2. The summed E-state index contributed by atoms with van der Waals surface area (Å²) in [5.74, 6) is 0.430. The van der Waals surface area contributed by atoms with Crippen molar-refractivity contribution in [2.75, 3.05) is 30.0 Å². The van der Waals surface area contributed by atoms with E-state index in [0.29, 0.717) is 31.2 Å². The van der Waals surface area contributed by atoms with E-state index in [0.717, 1.165) is 33.9 Å². The zero-order valence-corrected chi connectivity index (χ0v) is 22.0. The third kappa shape index (κ3) is 8.05. The first kappa shape index (κ1) is 27.1. The molecule has 0 aliphatic heterocycles. The van der Waals surface area contributed by atoms with Gasteiger partial charge in [-0.3, -0.25) is 9.69 Å². The fourth-order valence-corrected chi connectivity index (χ4v) is 4.47. The number of unbranched alkanes of at least 4 members (excludes halogenated alkanes) is 1. The standard InChI is InChI=1S/C29H34N2O4S/c1-4-7-19-31(29(33)30-26-13-8-9-14-27(26)34-5-2)23-11-10-12-25(21-23)36-24-17-15-22(16-18-24)20-28(32)35-6-3/h8-18,21H,4-7,19-20H2,1-3H3,(H,30,33). The van der Waals surface area contributed by atoms with Crippen molar-refractivity contribution in [1.82, 2.24) is 0 Å². The molecule has 2 amide bonds. The molecule has 190 valence electrons. The van der Waals surface area contributed by atoms with E-state index in [2.05, 4.69) is 12.2 Å². The Morgan fingerprint density at radius 2 is 1.67 bits per heavy atom. The predicted molar refractivity (Wildman–Crippen MR) is 146 cm³/mol. The van der Waals surface area contributed by atoms with E-state index in [9.17, 15) is 9.59 Å². The van der Waals surface area contributed by atoms with Gasteiger partial charge in [0.1, 0.15) is 5.75 Å². The van der Waals surface area contributed by atoms with Crippen LogP contribution in [0.1, 0.15) is 39.2 Å². The average molecular weight is 507 g/mol. The highest BCUT2D eigenvalue weighted by molar-refractivity contribution is 7.99. The summed E-state index contributed by atoms with van der Waals surface area (Å²) in [6.45, 7) is 7.35. The second-order valence-corrected chi connectivity index (χ2v) is 9.24. The van der Waals surface area contributed by atoms with Crippen molar-refractivity contribution < 1.29 is 19.1 Å². The number of nitrogens with zero attached hydrogens (tertiary/aromatic N) is 1. The number of esters is 1. The number of urea groups is 1. The molecule has 0 aliphatic carbocycles. The summed E-state index contributed by atoms with van der Waals surface area (Å²) in [6.07, 6.45) is 2.13. The number of rotatable bonds is 12. The molecule has 0 fully saturated rings. The molecule has 7 heteroatoms. The van der Waals surface area contributed by atoms with Crippen LogP contribution in [0.25, 0.3) is 0 Å². The van der Waals surface area contributed by atoms with Gasteiger partial charge in [0.05, 0.1) is 25.3 Å². The molecule has 3 aromatic rings. The summed E-state index contributed by atoms with van der Waals surface area (Å²) in [4.78, 5) is 28.9. The van der Waals surface area contributed by atoms with Crippen LogP contribution in [0.4, 0.5) is 16.2 Å². The van der Waals surface area contributed by atoms with Crippen LogP contribution in [-0.4, -0.2) is 31.8 Å². The van der Waals surface area contributed by atoms with Crippen molar-refractivity contribution in [1.29, 1.82) is 0 Å². The SMILES string of the molecule is CCCCN(C(=O)Nc1ccccc1OCC)c1cccc(Sc2ccc(CC(=O)OCC)cc2)c1. The van der Waals surface area contributed by atoms with E-state index in [-0.39, 0.29) is 18.4 Å². The van der Waals surface area contributed by atoms with Crippen molar-refractivity contribution in [2.45, 2.75) is 49.8 Å². The van der Waals surface area contributed by atoms with Gasteiger partial charge in [0.25, 0.3) is 0 Å². The van der Waals surface area contributed by atoms with Crippen LogP contribution in [0.3, 0.4) is 0 Å². The average Bonchev–Trinajstić information content (AvgIpc) is 2.87. The molecule has 0 saturated carbocycles. The largest absolute Gasteiger partial charge is 0.492 e. The Balaban J connectivity index is 1.74. The number of hydrogen-bond donors (Lipinski definition) is 1. The highest BCUT2D eigenvalue weighted by Gasteiger charge is 2.18. The van der Waals surface area contributed by atoms with Gasteiger partial charge in [0, 0.05) is 22.0 Å². The van der Waals surface area contributed by atoms with E-state index in [1.807, 2.05) is 79.7 Å². The smallest absolute Gasteiger partial charge is 0.326 e. The normalized spacial score (nSPS) is 10.5. The zero-order valence-electron chi connectivity index (χ0n) is 21.2. The van der Waals surface area contributed by atoms with Gasteiger partial charge >= 0.3 is 12.0 Å². The number of anilines is 2. The lowest BCUT2D eigenvalue weighted by Crippen LogP contribution is -2.36. The predicted octanol–water partition coefficient (Wildman–Crippen LogP) is 7.18. The van der Waals surface area contributed by atoms with Gasteiger partial charge in [-0.1, -0.05) is 55.4 Å². The number of ether oxygens (including phenoxy) is 2. The second kappa shape index (κ2) is 14.2. The lowest BCUT2D eigenvalue weighted by Gasteiger charge is -2.24. The first-order chi connectivity index (χ1) is 17.5. The molecular formula is C29H34N2O4S. The molecule has 0 atom stereocenters. The zero-order chi connectivity index (χ0) is 25.8. The first-order valence-electron chi connectivity index (χ1n) is 12.4. The Labute approximate surface area is 218 Å². The van der Waals surface area contributed by atoms with Crippen LogP contribution in [0.2, 0.25) is 0 Å². The molecule has 0 spiro atoms. The lowest BCUT2D eigenvalue weighted by atomic mass is 10.1. The molecule has 1 N–H and O–H groups in total. The van der Waals surface area contributed by atoms with Gasteiger partial charge in [-0.05, 0) is 68.3 Å². The Hall–Kier alpha value is -3.45. The molecular weight excluding hydrogens is 472 g/mol. The van der Waals surface area contributed by atoms with Crippen LogP contribution < -0.4 is 15.0 Å². The molecule has 0 saturated heterocycles. The molecule has 0 radical (unpaired) electrons. The van der Waals surface area contributed by atoms with Crippen molar-refractivity contribution in [3.63, 3.8) is 0 Å². The topological polar surface area (TPSA) is 67.9 Å². The fraction of sp³-hybridized carbons (Fsp3) is 0.310. The first-order valence-corrected chi connectivity index (χ1v) is 13.2. The summed E-state index contributed by atoms with van der Waals surface area (Å²) in [5.41, 5.74) is 2.40. The van der Waals surface area contributed by atoms with E-state index in [1.54, 1.807) is 23.6 Å². The minimum atomic E-state index is -0.222. The third-order valence-corrected chi connectivity index (χ3v) is 6.35. The van der Waals surface area contributed by atoms with Crippen LogP contribution in [0.5, 0.6) is 5.75 Å². The number of carbonyl (C=O) groups is 2. The van der Waals surface area contributed by atoms with Crippen molar-refractivity contribution in [3.05, 3.63) is 78.4 Å². The molecule has 0 bridgehead atoms. The van der Waals surface area contributed by atoms with Crippen molar-refractivity contribution >= 4 is 35.1 Å². The summed E-state index contributed by atoms with van der Waals surface area (Å²) in [7, 11) is 0. The van der Waals surface area contributed by atoms with Gasteiger partial charge in [-0.15, -0.1) is 0 Å². The fourth-order valence-electron chi connectivity index (χ4n) is 3.60. The monoisotopic (exact) mass is 506 g/mol. The number of benzene rings is 3. The minimum absolute atomic E-state index is 0.193. The van der Waals surface area contributed by atoms with E-state index in [4.69, 9.17) is 9.47 Å². The summed E-state index contributed by atoms with van der Waals surface area (Å²) in [5, 5.41) is 3.02. The van der Waals surface area contributed by atoms with Gasteiger partial charge in [0.15, 0.2) is 0 Å². The number of hydrogen-bond acceptors (Lipinski definition) is 5. The molecule has 3 aromatic carbocycles. The highest BCUT2D eigenvalue weighted by Crippen LogP contribution is 2.31. The van der Waals surface area contributed by atoms with Gasteiger partial charge in [-0.25, -0.2) is 4.79 Å². The van der Waals surface area contributed by atoms with Gasteiger partial charge < -0.3 is 14.8 Å². The molecule has 0 unspecified atom stereocenters. The van der Waals surface area contributed by atoms with Gasteiger partial charge in [0.2, 0.25) is 0 Å². The van der Waals surface area contributed by atoms with E-state index < -0.39 is 0 Å². The summed E-state index contributed by atoms with van der Waals surface area (Å²) >= 11 is 1.61. The minimum Gasteiger partial charge on any atom is -0.492 e. The summed E-state index contributed by atoms with van der Waals surface area (Å²) < 4.78 is 10.7. The molecule has 6 nitrogen and oxygen atoms in total. The van der Waals surface area contributed by atoms with Crippen LogP contribution >= 0.6 is 11.8 Å². The van der Waals surface area contributed by atoms with Crippen LogP contribution in [0.15, 0.2) is 82.6 Å². The van der Waals surface area contributed by atoms with Gasteiger partial charge in [-0.2, -0.15) is 0 Å². The molecule has 36 heavy (non-hydrogen) atoms. The quantitative estimate of drug-likeness (QED) is 0.264. The maximum atomic E-state index is 13.3. The molecule has 0 aromatic heterocycles. The Kier molecular flexibility index (Phi) is 10.7. The molecule has 0 heterocycles. The van der Waals surface area contributed by atoms with Crippen molar-refractivity contribution in [2.24, 2.45) is 0 Å². The number of para-hydroxylation sites is 2. The summed E-state index contributed by atoms with van der Waals surface area (Å²) in [6, 6.07) is 23.1. The Bertz CT molecular complexity index is 1130. The molecule has 0 aliphatic rings. The Morgan fingerprint density at radius 3 is 2.39 bits per heavy atom. The second-order valence-electron chi connectivity index (χ2n) is 8.09. The maximum Gasteiger partial charge on any atom is 0.326 e. The van der Waals surface area contributed by atoms with Crippen LogP contribution in [-0.2, 0) is 16.0 Å². The number of amides is 2. The Morgan fingerprint density at radius 1 is 0.889 bits per heavy atom. The third-order valence-electron chi connectivity index (χ3n) is 5.35. The maximum absolute atomic E-state index is 13.3. The lowest BCUT2D eigenvalue weighted by molar-refractivity contribution is -0.142. The highest BCUT2D eigenvalue weighted by atomic mass is 32.2. The van der Waals surface area contributed by atoms with E-state index >= 15 is 0 Å². The van der Waals surface area contributed by atoms with Crippen LogP contribution in [0, 0.1) is 0 Å². The number of nitrogens with one attached hydrogen (secondary N) is 1. The van der Waals surface area contributed by atoms with Crippen molar-refractivity contribution in [3.8, 4) is 5.75 Å². The molecule has 3 rings (SSSR count).